The quantitative estimate of drug-likeness (QED) is 0.644. The van der Waals surface area contributed by atoms with E-state index in [0.717, 1.165) is 11.1 Å². The summed E-state index contributed by atoms with van der Waals surface area (Å²) in [5.41, 5.74) is 3.52. The van der Waals surface area contributed by atoms with Crippen LogP contribution in [0.5, 0.6) is 0 Å². The molecule has 2 N–H and O–H groups in total. The molecule has 1 aliphatic heterocycles. The van der Waals surface area contributed by atoms with Crippen molar-refractivity contribution in [1.29, 1.82) is 0 Å². The smallest absolute Gasteiger partial charge is 0.407 e. The van der Waals surface area contributed by atoms with E-state index in [1.165, 1.54) is 16.0 Å². The molecule has 4 rings (SSSR count). The van der Waals surface area contributed by atoms with Gasteiger partial charge in [0, 0.05) is 25.4 Å². The number of ether oxygens (including phenoxy) is 1. The molecule has 168 valence electrons. The zero-order chi connectivity index (χ0) is 22.7. The number of carboxylic acid groups (broad SMARTS) is 1. The Morgan fingerprint density at radius 1 is 1.09 bits per heavy atom. The van der Waals surface area contributed by atoms with Crippen LogP contribution in [-0.4, -0.2) is 53.2 Å². The monoisotopic (exact) mass is 436 g/mol. The van der Waals surface area contributed by atoms with Gasteiger partial charge in [-0.15, -0.1) is 0 Å². The Balaban J connectivity index is 1.24. The molecule has 7 nitrogen and oxygen atoms in total. The van der Waals surface area contributed by atoms with E-state index >= 15 is 0 Å². The maximum absolute atomic E-state index is 12.5. The predicted molar refractivity (Wildman–Crippen MR) is 119 cm³/mol. The molecule has 1 heterocycles. The summed E-state index contributed by atoms with van der Waals surface area (Å²) in [7, 11) is 0. The SMILES string of the molecule is CC1(C(=O)O)CCCN1C(=O)CCCNC(=O)OCC1c2ccccc2-c2ccccc21. The van der Waals surface area contributed by atoms with Crippen LogP contribution in [0.3, 0.4) is 0 Å². The van der Waals surface area contributed by atoms with Crippen molar-refractivity contribution in [2.24, 2.45) is 0 Å². The first-order valence-corrected chi connectivity index (χ1v) is 11.0. The average Bonchev–Trinajstić information content (AvgIpc) is 3.34. The van der Waals surface area contributed by atoms with Crippen molar-refractivity contribution in [1.82, 2.24) is 10.2 Å². The fourth-order valence-corrected chi connectivity index (χ4v) is 4.80. The fraction of sp³-hybridized carbons (Fsp3) is 0.400. The second-order valence-electron chi connectivity index (χ2n) is 8.58. The van der Waals surface area contributed by atoms with E-state index in [1.54, 1.807) is 6.92 Å². The molecule has 2 aliphatic rings. The maximum Gasteiger partial charge on any atom is 0.407 e. The number of hydrogen-bond donors (Lipinski definition) is 2. The number of alkyl carbamates (subject to hydrolysis) is 1. The Morgan fingerprint density at radius 3 is 2.34 bits per heavy atom. The number of hydrogen-bond acceptors (Lipinski definition) is 4. The van der Waals surface area contributed by atoms with Crippen LogP contribution in [0, 0.1) is 0 Å². The fourth-order valence-electron chi connectivity index (χ4n) is 4.80. The Hall–Kier alpha value is -3.35. The molecule has 1 saturated heterocycles. The topological polar surface area (TPSA) is 95.9 Å². The standard InChI is InChI=1S/C25H28N2O5/c1-25(23(29)30)13-7-15-27(25)22(28)12-6-14-26-24(31)32-16-21-19-10-4-2-8-17(19)18-9-3-5-11-20(18)21/h2-5,8-11,21H,6-7,12-16H2,1H3,(H,26,31)(H,29,30). The number of fused-ring (bicyclic) bond motifs is 3. The Labute approximate surface area is 187 Å². The van der Waals surface area contributed by atoms with Gasteiger partial charge in [0.1, 0.15) is 12.1 Å². The Kier molecular flexibility index (Phi) is 6.17. The van der Waals surface area contributed by atoms with E-state index in [-0.39, 0.29) is 24.9 Å². The van der Waals surface area contributed by atoms with Gasteiger partial charge >= 0.3 is 12.1 Å². The largest absolute Gasteiger partial charge is 0.480 e. The first-order chi connectivity index (χ1) is 15.4. The lowest BCUT2D eigenvalue weighted by molar-refractivity contribution is -0.155. The third-order valence-electron chi connectivity index (χ3n) is 6.58. The highest BCUT2D eigenvalue weighted by Crippen LogP contribution is 2.44. The van der Waals surface area contributed by atoms with Gasteiger partial charge in [-0.25, -0.2) is 9.59 Å². The van der Waals surface area contributed by atoms with Gasteiger partial charge in [0.25, 0.3) is 0 Å². The van der Waals surface area contributed by atoms with Crippen LogP contribution in [0.1, 0.15) is 49.7 Å². The lowest BCUT2D eigenvalue weighted by Gasteiger charge is -2.31. The number of nitrogens with zero attached hydrogens (tertiary/aromatic N) is 1. The number of carbonyl (C=O) groups is 3. The van der Waals surface area contributed by atoms with Crippen LogP contribution in [0.25, 0.3) is 11.1 Å². The minimum absolute atomic E-state index is 0.00131. The average molecular weight is 437 g/mol. The Bertz CT molecular complexity index is 991. The summed E-state index contributed by atoms with van der Waals surface area (Å²) in [6.07, 6.45) is 1.25. The van der Waals surface area contributed by atoms with Crippen molar-refractivity contribution in [3.05, 3.63) is 59.7 Å². The number of likely N-dealkylation sites (tertiary alicyclic amines) is 1. The molecule has 2 amide bonds. The van der Waals surface area contributed by atoms with Gasteiger partial charge in [-0.2, -0.15) is 0 Å². The summed E-state index contributed by atoms with van der Waals surface area (Å²) in [4.78, 5) is 37.6. The van der Waals surface area contributed by atoms with Crippen LogP contribution >= 0.6 is 0 Å². The zero-order valence-electron chi connectivity index (χ0n) is 18.2. The molecule has 0 aromatic heterocycles. The van der Waals surface area contributed by atoms with Crippen molar-refractivity contribution in [2.45, 2.75) is 44.1 Å². The van der Waals surface area contributed by atoms with Crippen molar-refractivity contribution in [3.8, 4) is 11.1 Å². The number of amides is 2. The molecular formula is C25H28N2O5. The van der Waals surface area contributed by atoms with Crippen LogP contribution < -0.4 is 5.32 Å². The van der Waals surface area contributed by atoms with Gasteiger partial charge < -0.3 is 20.1 Å². The second kappa shape index (κ2) is 9.02. The maximum atomic E-state index is 12.5. The third-order valence-corrected chi connectivity index (χ3v) is 6.58. The number of nitrogens with one attached hydrogen (secondary N) is 1. The van der Waals surface area contributed by atoms with E-state index in [4.69, 9.17) is 4.74 Å². The minimum Gasteiger partial charge on any atom is -0.480 e. The van der Waals surface area contributed by atoms with Crippen molar-refractivity contribution < 1.29 is 24.2 Å². The number of rotatable bonds is 7. The second-order valence-corrected chi connectivity index (χ2v) is 8.58. The Morgan fingerprint density at radius 2 is 1.72 bits per heavy atom. The van der Waals surface area contributed by atoms with Crippen LogP contribution in [0.4, 0.5) is 4.79 Å². The van der Waals surface area contributed by atoms with Crippen molar-refractivity contribution in [3.63, 3.8) is 0 Å². The lowest BCUT2D eigenvalue weighted by atomic mass is 9.98. The molecule has 0 spiro atoms. The first-order valence-electron chi connectivity index (χ1n) is 11.0. The van der Waals surface area contributed by atoms with Gasteiger partial charge in [0.05, 0.1) is 0 Å². The van der Waals surface area contributed by atoms with E-state index in [2.05, 4.69) is 29.6 Å². The van der Waals surface area contributed by atoms with Gasteiger partial charge in [-0.3, -0.25) is 4.79 Å². The summed E-state index contributed by atoms with van der Waals surface area (Å²) in [6, 6.07) is 16.3. The molecule has 2 aromatic carbocycles. The van der Waals surface area contributed by atoms with Gasteiger partial charge in [-0.1, -0.05) is 48.5 Å². The molecule has 32 heavy (non-hydrogen) atoms. The molecule has 1 fully saturated rings. The molecule has 0 bridgehead atoms. The molecule has 1 atom stereocenters. The molecular weight excluding hydrogens is 408 g/mol. The number of aliphatic carboxylic acids is 1. The molecule has 1 aliphatic carbocycles. The van der Waals surface area contributed by atoms with Gasteiger partial charge in [0.15, 0.2) is 0 Å². The summed E-state index contributed by atoms with van der Waals surface area (Å²) in [5, 5.41) is 12.1. The van der Waals surface area contributed by atoms with E-state index in [0.29, 0.717) is 32.4 Å². The first kappa shape index (κ1) is 21.9. The molecule has 1 unspecified atom stereocenters. The zero-order valence-corrected chi connectivity index (χ0v) is 18.2. The number of carboxylic acids is 1. The highest BCUT2D eigenvalue weighted by molar-refractivity contribution is 5.87. The normalized spacial score (nSPS) is 19.3. The third kappa shape index (κ3) is 4.07. The minimum atomic E-state index is -1.13. The van der Waals surface area contributed by atoms with Crippen LogP contribution in [0.2, 0.25) is 0 Å². The molecule has 2 aromatic rings. The summed E-state index contributed by atoms with van der Waals surface area (Å²) >= 11 is 0. The summed E-state index contributed by atoms with van der Waals surface area (Å²) < 4.78 is 5.49. The number of carbonyl (C=O) groups excluding carboxylic acids is 2. The molecule has 0 saturated carbocycles. The van der Waals surface area contributed by atoms with Gasteiger partial charge in [0.2, 0.25) is 5.91 Å². The lowest BCUT2D eigenvalue weighted by Crippen LogP contribution is -2.50. The predicted octanol–water partition coefficient (Wildman–Crippen LogP) is 3.77. The van der Waals surface area contributed by atoms with E-state index in [1.807, 2.05) is 24.3 Å². The van der Waals surface area contributed by atoms with E-state index < -0.39 is 17.6 Å². The summed E-state index contributed by atoms with van der Waals surface area (Å²) in [6.45, 7) is 2.58. The summed E-state index contributed by atoms with van der Waals surface area (Å²) in [5.74, 6) is -1.17. The van der Waals surface area contributed by atoms with Gasteiger partial charge in [-0.05, 0) is 48.4 Å². The molecule has 7 heteroatoms. The molecule has 0 radical (unpaired) electrons. The van der Waals surface area contributed by atoms with Crippen molar-refractivity contribution in [2.75, 3.05) is 19.7 Å². The number of benzene rings is 2. The van der Waals surface area contributed by atoms with E-state index in [9.17, 15) is 19.5 Å². The van der Waals surface area contributed by atoms with Crippen LogP contribution in [-0.2, 0) is 14.3 Å². The van der Waals surface area contributed by atoms with Crippen LogP contribution in [0.15, 0.2) is 48.5 Å². The highest BCUT2D eigenvalue weighted by atomic mass is 16.5. The van der Waals surface area contributed by atoms with Crippen molar-refractivity contribution >= 4 is 18.0 Å². The highest BCUT2D eigenvalue weighted by Gasteiger charge is 2.45.